The van der Waals surface area contributed by atoms with E-state index >= 15 is 0 Å². The molecule has 33 heavy (non-hydrogen) atoms. The molecule has 6 heteroatoms. The van der Waals surface area contributed by atoms with Gasteiger partial charge in [0.2, 0.25) is 0 Å². The van der Waals surface area contributed by atoms with Gasteiger partial charge in [0.25, 0.3) is 5.91 Å². The number of amides is 1. The lowest BCUT2D eigenvalue weighted by Crippen LogP contribution is -2.36. The highest BCUT2D eigenvalue weighted by atomic mass is 16.5. The number of carbonyl (C=O) groups excluding carboxylic acids is 2. The predicted molar refractivity (Wildman–Crippen MR) is 127 cm³/mol. The Kier molecular flexibility index (Phi) is 6.89. The van der Waals surface area contributed by atoms with Crippen molar-refractivity contribution in [3.8, 4) is 6.07 Å². The summed E-state index contributed by atoms with van der Waals surface area (Å²) in [5.74, 6) is -0.688. The van der Waals surface area contributed by atoms with E-state index in [1.54, 1.807) is 12.1 Å². The number of fused-ring (bicyclic) bond motifs is 1. The molecular weight excluding hydrogens is 414 g/mol. The Bertz CT molecular complexity index is 1240. The van der Waals surface area contributed by atoms with Gasteiger partial charge in [0.1, 0.15) is 11.6 Å². The maximum atomic E-state index is 12.8. The van der Waals surface area contributed by atoms with E-state index in [1.807, 2.05) is 48.7 Å². The highest BCUT2D eigenvalue weighted by Crippen LogP contribution is 2.25. The van der Waals surface area contributed by atoms with Crippen LogP contribution in [-0.2, 0) is 16.1 Å². The molecule has 4 rings (SSSR count). The second kappa shape index (κ2) is 10.2. The van der Waals surface area contributed by atoms with E-state index in [0.29, 0.717) is 12.1 Å². The average molecular weight is 442 g/mol. The number of rotatable bonds is 6. The van der Waals surface area contributed by atoms with Gasteiger partial charge in [0.05, 0.1) is 12.7 Å². The molecule has 1 N–H and O–H groups in total. The Morgan fingerprint density at radius 3 is 2.70 bits per heavy atom. The molecule has 0 unspecified atom stereocenters. The van der Waals surface area contributed by atoms with Crippen LogP contribution in [0.15, 0.2) is 60.3 Å². The number of benzene rings is 2. The van der Waals surface area contributed by atoms with Crippen molar-refractivity contribution < 1.29 is 14.3 Å². The average Bonchev–Trinajstić information content (AvgIpc) is 3.19. The fraction of sp³-hybridized carbons (Fsp3) is 0.296. The highest BCUT2D eigenvalue weighted by Gasteiger charge is 2.19. The summed E-state index contributed by atoms with van der Waals surface area (Å²) in [7, 11) is 1.37. The maximum absolute atomic E-state index is 12.8. The van der Waals surface area contributed by atoms with Crippen molar-refractivity contribution in [1.82, 2.24) is 9.88 Å². The molecule has 1 amide bonds. The second-order valence-corrected chi connectivity index (χ2v) is 8.40. The van der Waals surface area contributed by atoms with Crippen molar-refractivity contribution in [2.45, 2.75) is 44.7 Å². The van der Waals surface area contributed by atoms with Gasteiger partial charge in [-0.1, -0.05) is 49.6 Å². The number of hydrogen-bond acceptors (Lipinski definition) is 4. The van der Waals surface area contributed by atoms with Crippen LogP contribution in [0.4, 0.5) is 0 Å². The molecule has 0 spiro atoms. The van der Waals surface area contributed by atoms with Crippen LogP contribution in [0.1, 0.15) is 53.6 Å². The third kappa shape index (κ3) is 5.15. The van der Waals surface area contributed by atoms with Crippen LogP contribution in [0.25, 0.3) is 17.0 Å². The minimum atomic E-state index is -0.375. The first-order chi connectivity index (χ1) is 16.1. The largest absolute Gasteiger partial charge is 0.465 e. The lowest BCUT2D eigenvalue weighted by molar-refractivity contribution is -0.117. The molecule has 1 aliphatic carbocycles. The summed E-state index contributed by atoms with van der Waals surface area (Å²) in [5.41, 5.74) is 3.35. The van der Waals surface area contributed by atoms with Gasteiger partial charge < -0.3 is 14.6 Å². The van der Waals surface area contributed by atoms with Crippen molar-refractivity contribution in [2.24, 2.45) is 0 Å². The van der Waals surface area contributed by atoms with E-state index in [1.165, 1.54) is 13.5 Å². The van der Waals surface area contributed by atoms with E-state index in [-0.39, 0.29) is 23.5 Å². The zero-order valence-electron chi connectivity index (χ0n) is 18.7. The van der Waals surface area contributed by atoms with Gasteiger partial charge in [-0.05, 0) is 42.7 Å². The normalized spacial score (nSPS) is 14.6. The van der Waals surface area contributed by atoms with Crippen LogP contribution in [0.2, 0.25) is 0 Å². The molecule has 0 bridgehead atoms. The minimum Gasteiger partial charge on any atom is -0.465 e. The number of carbonyl (C=O) groups is 2. The SMILES string of the molecule is COC(=O)c1cccc(Cn2cc(/C=C(\C#N)C(=O)NC3CCCCC3)c3ccccc32)c1. The van der Waals surface area contributed by atoms with E-state index in [2.05, 4.69) is 16.0 Å². The number of nitrogens with one attached hydrogen (secondary N) is 1. The molecule has 1 aromatic heterocycles. The lowest BCUT2D eigenvalue weighted by Gasteiger charge is -2.22. The van der Waals surface area contributed by atoms with Crippen molar-refractivity contribution >= 4 is 28.9 Å². The number of esters is 1. The number of ether oxygens (including phenoxy) is 1. The Balaban J connectivity index is 1.63. The van der Waals surface area contributed by atoms with E-state index in [4.69, 9.17) is 4.74 Å². The maximum Gasteiger partial charge on any atom is 0.337 e. The van der Waals surface area contributed by atoms with Gasteiger partial charge in [0.15, 0.2) is 0 Å². The molecule has 0 radical (unpaired) electrons. The molecule has 1 fully saturated rings. The molecule has 6 nitrogen and oxygen atoms in total. The molecule has 0 saturated heterocycles. The standard InChI is InChI=1S/C27H27N3O3/c1-33-27(32)20-9-7-8-19(14-20)17-30-18-22(24-12-5-6-13-25(24)30)15-21(16-28)26(31)29-23-10-3-2-4-11-23/h5-9,12-15,18,23H,2-4,10-11,17H2,1H3,(H,29,31)/b21-15+. The number of nitriles is 1. The first-order valence-electron chi connectivity index (χ1n) is 11.3. The summed E-state index contributed by atoms with van der Waals surface area (Å²) in [6.07, 6.45) is 8.98. The molecule has 1 saturated carbocycles. The lowest BCUT2D eigenvalue weighted by atomic mass is 9.95. The fourth-order valence-electron chi connectivity index (χ4n) is 4.45. The van der Waals surface area contributed by atoms with Gasteiger partial charge in [-0.15, -0.1) is 0 Å². The van der Waals surface area contributed by atoms with Crippen molar-refractivity contribution in [1.29, 1.82) is 5.26 Å². The molecule has 3 aromatic rings. The number of aromatic nitrogens is 1. The van der Waals surface area contributed by atoms with E-state index in [9.17, 15) is 14.9 Å². The zero-order valence-corrected chi connectivity index (χ0v) is 18.7. The van der Waals surface area contributed by atoms with Crippen LogP contribution >= 0.6 is 0 Å². The Labute approximate surface area is 193 Å². The van der Waals surface area contributed by atoms with E-state index < -0.39 is 0 Å². The number of para-hydroxylation sites is 1. The summed E-state index contributed by atoms with van der Waals surface area (Å²) in [6, 6.07) is 17.4. The Morgan fingerprint density at radius 2 is 1.94 bits per heavy atom. The summed E-state index contributed by atoms with van der Waals surface area (Å²) in [6.45, 7) is 0.537. The summed E-state index contributed by atoms with van der Waals surface area (Å²) in [4.78, 5) is 24.6. The molecule has 0 atom stereocenters. The van der Waals surface area contributed by atoms with Gasteiger partial charge in [-0.25, -0.2) is 4.79 Å². The number of nitrogens with zero attached hydrogens (tertiary/aromatic N) is 2. The Hall–Kier alpha value is -3.85. The zero-order chi connectivity index (χ0) is 23.2. The van der Waals surface area contributed by atoms with Gasteiger partial charge in [-0.3, -0.25) is 4.79 Å². The summed E-state index contributed by atoms with van der Waals surface area (Å²) in [5, 5.41) is 13.7. The summed E-state index contributed by atoms with van der Waals surface area (Å²) < 4.78 is 6.89. The van der Waals surface area contributed by atoms with Crippen molar-refractivity contribution in [3.63, 3.8) is 0 Å². The third-order valence-corrected chi connectivity index (χ3v) is 6.13. The molecule has 168 valence electrons. The first-order valence-corrected chi connectivity index (χ1v) is 11.3. The smallest absolute Gasteiger partial charge is 0.337 e. The first kappa shape index (κ1) is 22.3. The second-order valence-electron chi connectivity index (χ2n) is 8.40. The van der Waals surface area contributed by atoms with Crippen LogP contribution in [0.3, 0.4) is 0 Å². The fourth-order valence-corrected chi connectivity index (χ4v) is 4.45. The van der Waals surface area contributed by atoms with Gasteiger partial charge in [-0.2, -0.15) is 5.26 Å². The molecule has 1 heterocycles. The Morgan fingerprint density at radius 1 is 1.15 bits per heavy atom. The molecule has 2 aromatic carbocycles. The third-order valence-electron chi connectivity index (χ3n) is 6.13. The van der Waals surface area contributed by atoms with Gasteiger partial charge in [0, 0.05) is 35.2 Å². The van der Waals surface area contributed by atoms with Crippen LogP contribution in [0.5, 0.6) is 0 Å². The van der Waals surface area contributed by atoms with E-state index in [0.717, 1.165) is 47.7 Å². The molecular formula is C27H27N3O3. The van der Waals surface area contributed by atoms with Crippen LogP contribution < -0.4 is 5.32 Å². The number of methoxy groups -OCH3 is 1. The monoisotopic (exact) mass is 441 g/mol. The number of hydrogen-bond donors (Lipinski definition) is 1. The minimum absolute atomic E-state index is 0.108. The van der Waals surface area contributed by atoms with Gasteiger partial charge >= 0.3 is 5.97 Å². The highest BCUT2D eigenvalue weighted by molar-refractivity contribution is 6.04. The van der Waals surface area contributed by atoms with Crippen molar-refractivity contribution in [2.75, 3.05) is 7.11 Å². The van der Waals surface area contributed by atoms with Crippen LogP contribution in [0, 0.1) is 11.3 Å². The topological polar surface area (TPSA) is 84.1 Å². The quantitative estimate of drug-likeness (QED) is 0.337. The molecule has 0 aliphatic heterocycles. The van der Waals surface area contributed by atoms with Crippen LogP contribution in [-0.4, -0.2) is 29.6 Å². The summed E-state index contributed by atoms with van der Waals surface area (Å²) >= 11 is 0. The predicted octanol–water partition coefficient (Wildman–Crippen LogP) is 4.83. The molecule has 1 aliphatic rings. The van der Waals surface area contributed by atoms with Crippen molar-refractivity contribution in [3.05, 3.63) is 77.0 Å².